The molecule has 3 heteroatoms. The predicted octanol–water partition coefficient (Wildman–Crippen LogP) is 2.27. The van der Waals surface area contributed by atoms with Crippen LogP contribution in [0.4, 0.5) is 0 Å². The fourth-order valence-corrected chi connectivity index (χ4v) is 3.17. The highest BCUT2D eigenvalue weighted by Crippen LogP contribution is 2.49. The molecule has 2 rings (SSSR count). The predicted molar refractivity (Wildman–Crippen MR) is 75.9 cm³/mol. The molecule has 3 nitrogen and oxygen atoms in total. The number of piperidine rings is 1. The molecule has 1 saturated carbocycles. The number of hydrogen-bond donors (Lipinski definition) is 1. The van der Waals surface area contributed by atoms with E-state index < -0.39 is 0 Å². The molecular weight excluding hydrogens is 224 g/mol. The van der Waals surface area contributed by atoms with Gasteiger partial charge < -0.3 is 15.0 Å². The van der Waals surface area contributed by atoms with Gasteiger partial charge in [-0.15, -0.1) is 0 Å². The third kappa shape index (κ3) is 4.22. The summed E-state index contributed by atoms with van der Waals surface area (Å²) in [5.41, 5.74) is 0.614. The van der Waals surface area contributed by atoms with E-state index in [1.54, 1.807) is 0 Å². The molecule has 1 unspecified atom stereocenters. The van der Waals surface area contributed by atoms with Crippen LogP contribution in [0, 0.1) is 5.41 Å². The summed E-state index contributed by atoms with van der Waals surface area (Å²) in [4.78, 5) is 2.69. The van der Waals surface area contributed by atoms with Crippen LogP contribution in [0.1, 0.15) is 45.4 Å². The second-order valence-corrected chi connectivity index (χ2v) is 6.27. The maximum absolute atomic E-state index is 5.25. The maximum Gasteiger partial charge on any atom is 0.0468 e. The van der Waals surface area contributed by atoms with Crippen molar-refractivity contribution in [3.63, 3.8) is 0 Å². The van der Waals surface area contributed by atoms with Crippen LogP contribution in [-0.2, 0) is 4.74 Å². The summed E-state index contributed by atoms with van der Waals surface area (Å²) in [7, 11) is 1.82. The van der Waals surface area contributed by atoms with E-state index in [-0.39, 0.29) is 0 Å². The van der Waals surface area contributed by atoms with Gasteiger partial charge in [0.25, 0.3) is 0 Å². The zero-order valence-corrected chi connectivity index (χ0v) is 12.2. The Hall–Kier alpha value is -0.120. The fraction of sp³-hybridized carbons (Fsp3) is 1.00. The highest BCUT2D eigenvalue weighted by atomic mass is 16.5. The zero-order valence-electron chi connectivity index (χ0n) is 12.2. The largest absolute Gasteiger partial charge is 0.385 e. The van der Waals surface area contributed by atoms with Crippen molar-refractivity contribution in [2.75, 3.05) is 39.9 Å². The second-order valence-electron chi connectivity index (χ2n) is 6.27. The Bertz CT molecular complexity index is 241. The van der Waals surface area contributed by atoms with Gasteiger partial charge in [0, 0.05) is 32.8 Å². The van der Waals surface area contributed by atoms with Gasteiger partial charge >= 0.3 is 0 Å². The van der Waals surface area contributed by atoms with Crippen LogP contribution in [-0.4, -0.2) is 50.8 Å². The smallest absolute Gasteiger partial charge is 0.0468 e. The van der Waals surface area contributed by atoms with Crippen LogP contribution in [0.25, 0.3) is 0 Å². The van der Waals surface area contributed by atoms with Gasteiger partial charge in [-0.3, -0.25) is 0 Å². The van der Waals surface area contributed by atoms with Crippen LogP contribution in [0.3, 0.4) is 0 Å². The molecule has 1 atom stereocenters. The van der Waals surface area contributed by atoms with Crippen molar-refractivity contribution < 1.29 is 4.74 Å². The Balaban J connectivity index is 1.72. The minimum absolute atomic E-state index is 0.614. The lowest BCUT2D eigenvalue weighted by atomic mass is 9.99. The third-order valence-corrected chi connectivity index (χ3v) is 4.54. The molecule has 0 aromatic carbocycles. The van der Waals surface area contributed by atoms with Crippen molar-refractivity contribution in [3.8, 4) is 0 Å². The third-order valence-electron chi connectivity index (χ3n) is 4.54. The lowest BCUT2D eigenvalue weighted by molar-refractivity contribution is 0.125. The van der Waals surface area contributed by atoms with Crippen molar-refractivity contribution >= 4 is 0 Å². The first-order chi connectivity index (χ1) is 8.78. The van der Waals surface area contributed by atoms with Crippen LogP contribution in [0.15, 0.2) is 0 Å². The van der Waals surface area contributed by atoms with Crippen LogP contribution < -0.4 is 5.32 Å². The quantitative estimate of drug-likeness (QED) is 0.719. The molecule has 1 N–H and O–H groups in total. The van der Waals surface area contributed by atoms with E-state index in [0.717, 1.165) is 12.6 Å². The van der Waals surface area contributed by atoms with Crippen LogP contribution in [0.5, 0.6) is 0 Å². The topological polar surface area (TPSA) is 24.5 Å². The molecule has 0 aromatic heterocycles. The first kappa shape index (κ1) is 14.3. The van der Waals surface area contributed by atoms with Gasteiger partial charge in [0.15, 0.2) is 0 Å². The van der Waals surface area contributed by atoms with Crippen molar-refractivity contribution in [1.29, 1.82) is 0 Å². The van der Waals surface area contributed by atoms with E-state index in [4.69, 9.17) is 4.74 Å². The van der Waals surface area contributed by atoms with Crippen molar-refractivity contribution in [1.82, 2.24) is 10.2 Å². The highest BCUT2D eigenvalue weighted by Gasteiger charge is 2.43. The fourth-order valence-electron chi connectivity index (χ4n) is 3.17. The molecule has 1 aliphatic heterocycles. The molecule has 1 aliphatic carbocycles. The molecule has 0 bridgehead atoms. The van der Waals surface area contributed by atoms with Gasteiger partial charge in [0.2, 0.25) is 0 Å². The van der Waals surface area contributed by atoms with Crippen molar-refractivity contribution in [2.45, 2.75) is 51.5 Å². The van der Waals surface area contributed by atoms with E-state index in [1.807, 2.05) is 7.11 Å². The summed E-state index contributed by atoms with van der Waals surface area (Å²) >= 11 is 0. The Morgan fingerprint density at radius 2 is 2.22 bits per heavy atom. The molecule has 0 aromatic rings. The van der Waals surface area contributed by atoms with Gasteiger partial charge in [-0.25, -0.2) is 0 Å². The van der Waals surface area contributed by atoms with E-state index in [0.29, 0.717) is 5.41 Å². The normalized spacial score (nSPS) is 27.3. The van der Waals surface area contributed by atoms with Gasteiger partial charge in [-0.05, 0) is 57.0 Å². The van der Waals surface area contributed by atoms with E-state index in [1.165, 1.54) is 64.7 Å². The Morgan fingerprint density at radius 3 is 2.89 bits per heavy atom. The second kappa shape index (κ2) is 6.88. The number of likely N-dealkylation sites (tertiary alicyclic amines) is 1. The van der Waals surface area contributed by atoms with E-state index >= 15 is 0 Å². The highest BCUT2D eigenvalue weighted by molar-refractivity contribution is 4.96. The summed E-state index contributed by atoms with van der Waals surface area (Å²) in [5, 5.41) is 3.68. The summed E-state index contributed by atoms with van der Waals surface area (Å²) in [5.74, 6) is 0. The lowest BCUT2D eigenvalue weighted by Crippen LogP contribution is -2.47. The molecule has 0 radical (unpaired) electrons. The minimum atomic E-state index is 0.614. The molecular formula is C15H30N2O. The van der Waals surface area contributed by atoms with Crippen LogP contribution >= 0.6 is 0 Å². The minimum Gasteiger partial charge on any atom is -0.385 e. The standard InChI is InChI=1S/C15H30N2O/c1-3-9-16-14-5-4-10-17(12-14)13-15(6-7-15)8-11-18-2/h14,16H,3-13H2,1-2H3. The number of nitrogens with one attached hydrogen (secondary N) is 1. The average molecular weight is 254 g/mol. The van der Waals surface area contributed by atoms with Gasteiger partial charge in [0.1, 0.15) is 0 Å². The molecule has 0 spiro atoms. The summed E-state index contributed by atoms with van der Waals surface area (Å²) in [6, 6.07) is 0.733. The van der Waals surface area contributed by atoms with Crippen molar-refractivity contribution in [3.05, 3.63) is 0 Å². The van der Waals surface area contributed by atoms with Gasteiger partial charge in [-0.2, -0.15) is 0 Å². The summed E-state index contributed by atoms with van der Waals surface area (Å²) in [6.45, 7) is 8.23. The number of rotatable bonds is 8. The molecule has 2 aliphatic rings. The monoisotopic (exact) mass is 254 g/mol. The number of methoxy groups -OCH3 is 1. The number of nitrogens with zero attached hydrogens (tertiary/aromatic N) is 1. The Labute approximate surface area is 112 Å². The molecule has 1 saturated heterocycles. The Kier molecular flexibility index (Phi) is 5.46. The maximum atomic E-state index is 5.25. The number of ether oxygens (including phenoxy) is 1. The van der Waals surface area contributed by atoms with E-state index in [9.17, 15) is 0 Å². The SMILES string of the molecule is CCCNC1CCCN(CC2(CCOC)CC2)C1. The molecule has 2 fully saturated rings. The van der Waals surface area contributed by atoms with Gasteiger partial charge in [0.05, 0.1) is 0 Å². The summed E-state index contributed by atoms with van der Waals surface area (Å²) < 4.78 is 5.25. The van der Waals surface area contributed by atoms with Crippen molar-refractivity contribution in [2.24, 2.45) is 5.41 Å². The summed E-state index contributed by atoms with van der Waals surface area (Å²) in [6.07, 6.45) is 8.06. The number of hydrogen-bond acceptors (Lipinski definition) is 3. The molecule has 1 heterocycles. The molecule has 18 heavy (non-hydrogen) atoms. The zero-order chi connectivity index (χ0) is 12.8. The van der Waals surface area contributed by atoms with E-state index in [2.05, 4.69) is 17.1 Å². The average Bonchev–Trinajstić information content (AvgIpc) is 3.14. The lowest BCUT2D eigenvalue weighted by Gasteiger charge is -2.35. The Morgan fingerprint density at radius 1 is 1.39 bits per heavy atom. The molecule has 0 amide bonds. The first-order valence-electron chi connectivity index (χ1n) is 7.73. The van der Waals surface area contributed by atoms with Gasteiger partial charge in [-0.1, -0.05) is 6.92 Å². The van der Waals surface area contributed by atoms with Crippen LogP contribution in [0.2, 0.25) is 0 Å². The molecule has 106 valence electrons. The first-order valence-corrected chi connectivity index (χ1v) is 7.73.